The van der Waals surface area contributed by atoms with Gasteiger partial charge in [-0.3, -0.25) is 14.8 Å². The molecule has 0 radical (unpaired) electrons. The molecule has 0 aliphatic rings. The first kappa shape index (κ1) is 8.92. The van der Waals surface area contributed by atoms with Gasteiger partial charge in [-0.2, -0.15) is 5.10 Å². The van der Waals surface area contributed by atoms with E-state index >= 15 is 0 Å². The van der Waals surface area contributed by atoms with Crippen LogP contribution in [0.3, 0.4) is 0 Å². The van der Waals surface area contributed by atoms with Crippen LogP contribution in [-0.2, 0) is 7.05 Å². The van der Waals surface area contributed by atoms with E-state index in [0.717, 1.165) is 10.7 Å². The average Bonchev–Trinajstić information content (AvgIpc) is 2.28. The van der Waals surface area contributed by atoms with Gasteiger partial charge in [0.1, 0.15) is 0 Å². The molecule has 1 aromatic rings. The molecule has 0 unspecified atom stereocenters. The molecule has 0 atom stereocenters. The summed E-state index contributed by atoms with van der Waals surface area (Å²) in [5.41, 5.74) is 0.673. The third-order valence-electron chi connectivity index (χ3n) is 1.29. The van der Waals surface area contributed by atoms with Gasteiger partial charge in [-0.05, 0) is 15.9 Å². The average molecular weight is 232 g/mol. The largest absolute Gasteiger partial charge is 0.267 e. The minimum atomic E-state index is -0.514. The standard InChI is InChI=1S/C6H6BrN3O2/c1-9-6(2-3-10(11)12)5(7)4-8-9/h2-4H,1H3/b3-2+. The monoisotopic (exact) mass is 231 g/mol. The Balaban J connectivity index is 2.95. The van der Waals surface area contributed by atoms with Gasteiger partial charge < -0.3 is 0 Å². The van der Waals surface area contributed by atoms with Crippen LogP contribution in [0.1, 0.15) is 5.69 Å². The van der Waals surface area contributed by atoms with Crippen LogP contribution in [0, 0.1) is 10.1 Å². The third-order valence-corrected chi connectivity index (χ3v) is 1.90. The van der Waals surface area contributed by atoms with Crippen LogP contribution >= 0.6 is 15.9 Å². The molecule has 0 aliphatic carbocycles. The molecular formula is C6H6BrN3O2. The fourth-order valence-corrected chi connectivity index (χ4v) is 1.22. The van der Waals surface area contributed by atoms with Gasteiger partial charge in [0.15, 0.2) is 0 Å². The number of nitrogens with zero attached hydrogens (tertiary/aromatic N) is 3. The first-order valence-electron chi connectivity index (χ1n) is 3.10. The van der Waals surface area contributed by atoms with Crippen molar-refractivity contribution in [3.63, 3.8) is 0 Å². The normalized spacial score (nSPS) is 10.8. The lowest BCUT2D eigenvalue weighted by Gasteiger charge is -1.92. The van der Waals surface area contributed by atoms with Crippen molar-refractivity contribution in [2.75, 3.05) is 0 Å². The molecule has 0 aliphatic heterocycles. The van der Waals surface area contributed by atoms with E-state index in [-0.39, 0.29) is 0 Å². The predicted octanol–water partition coefficient (Wildman–Crippen LogP) is 1.43. The molecule has 1 aromatic heterocycles. The van der Waals surface area contributed by atoms with Crippen molar-refractivity contribution in [2.45, 2.75) is 0 Å². The quantitative estimate of drug-likeness (QED) is 0.572. The lowest BCUT2D eigenvalue weighted by atomic mass is 10.4. The van der Waals surface area contributed by atoms with E-state index in [4.69, 9.17) is 0 Å². The molecule has 6 heteroatoms. The fraction of sp³-hybridized carbons (Fsp3) is 0.167. The predicted molar refractivity (Wildman–Crippen MR) is 46.9 cm³/mol. The summed E-state index contributed by atoms with van der Waals surface area (Å²) in [5.74, 6) is 0. The van der Waals surface area contributed by atoms with Gasteiger partial charge in [-0.25, -0.2) is 0 Å². The molecule has 0 saturated carbocycles. The van der Waals surface area contributed by atoms with Crippen molar-refractivity contribution >= 4 is 22.0 Å². The number of aryl methyl sites for hydroxylation is 1. The molecule has 0 spiro atoms. The van der Waals surface area contributed by atoms with E-state index in [1.807, 2.05) is 0 Å². The van der Waals surface area contributed by atoms with Crippen molar-refractivity contribution in [3.8, 4) is 0 Å². The summed E-state index contributed by atoms with van der Waals surface area (Å²) in [6.07, 6.45) is 3.85. The zero-order chi connectivity index (χ0) is 9.14. The Kier molecular flexibility index (Phi) is 2.59. The molecule has 0 saturated heterocycles. The summed E-state index contributed by atoms with van der Waals surface area (Å²) < 4.78 is 2.28. The Labute approximate surface area is 77.0 Å². The molecule has 5 nitrogen and oxygen atoms in total. The topological polar surface area (TPSA) is 61.0 Å². The summed E-state index contributed by atoms with van der Waals surface area (Å²) in [4.78, 5) is 9.48. The SMILES string of the molecule is Cn1ncc(Br)c1/C=C/[N+](=O)[O-]. The highest BCUT2D eigenvalue weighted by atomic mass is 79.9. The molecule has 0 amide bonds. The molecule has 0 aromatic carbocycles. The van der Waals surface area contributed by atoms with Gasteiger partial charge in [-0.1, -0.05) is 0 Å². The lowest BCUT2D eigenvalue weighted by molar-refractivity contribution is -0.401. The van der Waals surface area contributed by atoms with Crippen LogP contribution in [0.15, 0.2) is 16.9 Å². The van der Waals surface area contributed by atoms with Crippen LogP contribution < -0.4 is 0 Å². The summed E-state index contributed by atoms with van der Waals surface area (Å²) in [7, 11) is 1.71. The second-order valence-corrected chi connectivity index (χ2v) is 2.96. The fourth-order valence-electron chi connectivity index (χ4n) is 0.739. The number of rotatable bonds is 2. The third kappa shape index (κ3) is 1.91. The van der Waals surface area contributed by atoms with Crippen molar-refractivity contribution in [1.29, 1.82) is 0 Å². The summed E-state index contributed by atoms with van der Waals surface area (Å²) in [6, 6.07) is 0. The first-order chi connectivity index (χ1) is 5.61. The van der Waals surface area contributed by atoms with Crippen molar-refractivity contribution in [1.82, 2.24) is 9.78 Å². The molecule has 1 heterocycles. The van der Waals surface area contributed by atoms with Gasteiger partial charge in [0.05, 0.1) is 21.3 Å². The van der Waals surface area contributed by atoms with Crippen LogP contribution in [-0.4, -0.2) is 14.7 Å². The maximum Gasteiger partial charge on any atom is 0.236 e. The van der Waals surface area contributed by atoms with Crippen molar-refractivity contribution < 1.29 is 4.92 Å². The molecular weight excluding hydrogens is 226 g/mol. The van der Waals surface area contributed by atoms with E-state index in [1.165, 1.54) is 6.08 Å². The Morgan fingerprint density at radius 1 is 1.83 bits per heavy atom. The van der Waals surface area contributed by atoms with Gasteiger partial charge in [0.2, 0.25) is 6.20 Å². The number of hydrogen-bond donors (Lipinski definition) is 0. The number of nitro groups is 1. The minimum absolute atomic E-state index is 0.514. The highest BCUT2D eigenvalue weighted by molar-refractivity contribution is 9.10. The van der Waals surface area contributed by atoms with E-state index in [1.54, 1.807) is 17.9 Å². The second kappa shape index (κ2) is 3.48. The molecule has 64 valence electrons. The van der Waals surface area contributed by atoms with Crippen molar-refractivity contribution in [3.05, 3.63) is 32.7 Å². The van der Waals surface area contributed by atoms with Gasteiger partial charge in [0.25, 0.3) is 0 Å². The van der Waals surface area contributed by atoms with E-state index in [9.17, 15) is 10.1 Å². The maximum atomic E-state index is 9.99. The molecule has 12 heavy (non-hydrogen) atoms. The van der Waals surface area contributed by atoms with E-state index < -0.39 is 4.92 Å². The number of aromatic nitrogens is 2. The minimum Gasteiger partial charge on any atom is -0.267 e. The smallest absolute Gasteiger partial charge is 0.236 e. The Hall–Kier alpha value is -1.17. The highest BCUT2D eigenvalue weighted by Crippen LogP contribution is 2.15. The van der Waals surface area contributed by atoms with Gasteiger partial charge in [0, 0.05) is 13.1 Å². The Morgan fingerprint density at radius 3 is 2.92 bits per heavy atom. The summed E-state index contributed by atoms with van der Waals surface area (Å²) in [5, 5.41) is 13.9. The second-order valence-electron chi connectivity index (χ2n) is 2.10. The van der Waals surface area contributed by atoms with Crippen LogP contribution in [0.5, 0.6) is 0 Å². The van der Waals surface area contributed by atoms with E-state index in [2.05, 4.69) is 21.0 Å². The molecule has 1 rings (SSSR count). The summed E-state index contributed by atoms with van der Waals surface area (Å²) >= 11 is 3.21. The maximum absolute atomic E-state index is 9.99. The first-order valence-corrected chi connectivity index (χ1v) is 3.90. The highest BCUT2D eigenvalue weighted by Gasteiger charge is 2.02. The van der Waals surface area contributed by atoms with Crippen LogP contribution in [0.25, 0.3) is 6.08 Å². The molecule has 0 fully saturated rings. The number of halogens is 1. The number of hydrogen-bond acceptors (Lipinski definition) is 3. The van der Waals surface area contributed by atoms with Crippen molar-refractivity contribution in [2.24, 2.45) is 7.05 Å². The molecule has 0 N–H and O–H groups in total. The zero-order valence-electron chi connectivity index (χ0n) is 6.27. The van der Waals surface area contributed by atoms with Gasteiger partial charge >= 0.3 is 0 Å². The van der Waals surface area contributed by atoms with Gasteiger partial charge in [-0.15, -0.1) is 0 Å². The molecule has 0 bridgehead atoms. The van der Waals surface area contributed by atoms with Crippen LogP contribution in [0.2, 0.25) is 0 Å². The van der Waals surface area contributed by atoms with E-state index in [0.29, 0.717) is 5.69 Å². The van der Waals surface area contributed by atoms with Crippen LogP contribution in [0.4, 0.5) is 0 Å². The summed E-state index contributed by atoms with van der Waals surface area (Å²) in [6.45, 7) is 0. The Morgan fingerprint density at radius 2 is 2.50 bits per heavy atom. The Bertz CT molecular complexity index is 312. The zero-order valence-corrected chi connectivity index (χ0v) is 7.85. The lowest BCUT2D eigenvalue weighted by Crippen LogP contribution is -1.93.